The molecule has 0 aromatic heterocycles. The maximum Gasteiger partial charge on any atom is 0.472 e. The Labute approximate surface area is 554 Å². The number of likely N-dealkylation sites (N-methyl/N-ethyl adjacent to an activating group) is 1. The third-order valence-corrected chi connectivity index (χ3v) is 16.3. The monoisotopic (exact) mass is 1270 g/mol. The van der Waals surface area contributed by atoms with Crippen molar-refractivity contribution in [2.45, 2.75) is 302 Å². The summed E-state index contributed by atoms with van der Waals surface area (Å²) < 4.78 is 34.8. The molecule has 0 saturated carbocycles. The van der Waals surface area contributed by atoms with E-state index in [-0.39, 0.29) is 32.0 Å². The van der Waals surface area contributed by atoms with Gasteiger partial charge in [0.2, 0.25) is 0 Å². The predicted molar refractivity (Wildman–Crippen MR) is 390 cm³/mol. The molecule has 90 heavy (non-hydrogen) atoms. The van der Waals surface area contributed by atoms with Crippen molar-refractivity contribution >= 4 is 19.8 Å². The van der Waals surface area contributed by atoms with Crippen molar-refractivity contribution < 1.29 is 42.1 Å². The van der Waals surface area contributed by atoms with Gasteiger partial charge in [-0.25, -0.2) is 4.57 Å². The largest absolute Gasteiger partial charge is 0.472 e. The summed E-state index contributed by atoms with van der Waals surface area (Å²) in [7, 11) is 1.46. The molecule has 0 aromatic carbocycles. The molecular formula is C80H137NO8P+. The lowest BCUT2D eigenvalue weighted by Gasteiger charge is -2.24. The number of ether oxygens (including phenoxy) is 2. The minimum absolute atomic E-state index is 0.0243. The van der Waals surface area contributed by atoms with Crippen LogP contribution in [-0.4, -0.2) is 74.9 Å². The zero-order valence-electron chi connectivity index (χ0n) is 58.6. The van der Waals surface area contributed by atoms with Gasteiger partial charge < -0.3 is 18.9 Å². The van der Waals surface area contributed by atoms with Gasteiger partial charge in [-0.15, -0.1) is 0 Å². The molecular weight excluding hydrogens is 1130 g/mol. The number of carbonyl (C=O) groups is 2. The first kappa shape index (κ1) is 85.9. The molecule has 514 valence electrons. The van der Waals surface area contributed by atoms with Gasteiger partial charge >= 0.3 is 19.8 Å². The van der Waals surface area contributed by atoms with Crippen LogP contribution in [-0.2, 0) is 32.7 Å². The highest BCUT2D eigenvalue weighted by molar-refractivity contribution is 7.47. The van der Waals surface area contributed by atoms with Gasteiger partial charge in [0.15, 0.2) is 6.10 Å². The van der Waals surface area contributed by atoms with E-state index >= 15 is 0 Å². The molecule has 0 bridgehead atoms. The van der Waals surface area contributed by atoms with E-state index < -0.39 is 26.5 Å². The molecule has 0 aromatic rings. The summed E-state index contributed by atoms with van der Waals surface area (Å²) >= 11 is 0. The average Bonchev–Trinajstić information content (AvgIpc) is 3.58. The molecule has 2 atom stereocenters. The van der Waals surface area contributed by atoms with E-state index in [1.54, 1.807) is 0 Å². The number of hydrogen-bond donors (Lipinski definition) is 1. The minimum atomic E-state index is -4.40. The SMILES string of the molecule is CC/C=C\C/C=C\C/C=C\C/C=C\C/C=C\C/C=C\C/C=C\C/C=C\CCCCCCCCCCC(=O)OC(COC(=O)CCCCCCCCCCCCCCCCCCCCCC/C=C\C/C=C\C/C=C\C/C=C\CC)COP(=O)(O)OCC[N+](C)(C)C. The number of phosphoric ester groups is 1. The number of rotatable bonds is 66. The average molecular weight is 1270 g/mol. The summed E-state index contributed by atoms with van der Waals surface area (Å²) in [5, 5.41) is 0. The van der Waals surface area contributed by atoms with Crippen molar-refractivity contribution in [3.8, 4) is 0 Å². The van der Waals surface area contributed by atoms with Crippen molar-refractivity contribution in [3.05, 3.63) is 146 Å². The summed E-state index contributed by atoms with van der Waals surface area (Å²) in [4.78, 5) is 35.9. The first-order valence-corrected chi connectivity index (χ1v) is 38.1. The topological polar surface area (TPSA) is 108 Å². The highest BCUT2D eigenvalue weighted by Gasteiger charge is 2.27. The highest BCUT2D eigenvalue weighted by Crippen LogP contribution is 2.43. The van der Waals surface area contributed by atoms with Crippen LogP contribution in [0.5, 0.6) is 0 Å². The second-order valence-corrected chi connectivity index (χ2v) is 26.7. The summed E-state index contributed by atoms with van der Waals surface area (Å²) in [5.74, 6) is -0.805. The van der Waals surface area contributed by atoms with Gasteiger partial charge in [0.05, 0.1) is 27.7 Å². The van der Waals surface area contributed by atoms with Crippen LogP contribution in [0, 0.1) is 0 Å². The molecule has 0 amide bonds. The van der Waals surface area contributed by atoms with Crippen LogP contribution in [0.3, 0.4) is 0 Å². The molecule has 0 spiro atoms. The maximum atomic E-state index is 12.9. The number of phosphoric acid groups is 1. The van der Waals surface area contributed by atoms with Crippen molar-refractivity contribution in [2.24, 2.45) is 0 Å². The molecule has 9 nitrogen and oxygen atoms in total. The number of unbranched alkanes of at least 4 members (excludes halogenated alkanes) is 28. The van der Waals surface area contributed by atoms with Gasteiger partial charge in [0.25, 0.3) is 0 Å². The van der Waals surface area contributed by atoms with Gasteiger partial charge in [-0.3, -0.25) is 18.6 Å². The van der Waals surface area contributed by atoms with Crippen LogP contribution in [0.15, 0.2) is 146 Å². The first-order chi connectivity index (χ1) is 44.0. The molecule has 2 unspecified atom stereocenters. The summed E-state index contributed by atoms with van der Waals surface area (Å²) in [6, 6.07) is 0. The van der Waals surface area contributed by atoms with Crippen LogP contribution in [0.1, 0.15) is 296 Å². The second-order valence-electron chi connectivity index (χ2n) is 25.2. The quantitative estimate of drug-likeness (QED) is 0.0211. The Kier molecular flexibility index (Phi) is 66.1. The number of carbonyl (C=O) groups excluding carboxylic acids is 2. The molecule has 10 heteroatoms. The molecule has 0 fully saturated rings. The first-order valence-electron chi connectivity index (χ1n) is 36.6. The van der Waals surface area contributed by atoms with Crippen LogP contribution in [0.25, 0.3) is 0 Å². The predicted octanol–water partition coefficient (Wildman–Crippen LogP) is 24.2. The molecule has 0 aliphatic carbocycles. The fourth-order valence-corrected chi connectivity index (χ4v) is 10.6. The third kappa shape index (κ3) is 72.9. The number of allylic oxidation sites excluding steroid dienone is 24. The highest BCUT2D eigenvalue weighted by atomic mass is 31.2. The van der Waals surface area contributed by atoms with Crippen LogP contribution < -0.4 is 0 Å². The zero-order chi connectivity index (χ0) is 65.5. The van der Waals surface area contributed by atoms with Crippen LogP contribution >= 0.6 is 7.82 Å². The number of quaternary nitrogens is 1. The van der Waals surface area contributed by atoms with Crippen molar-refractivity contribution in [2.75, 3.05) is 47.5 Å². The Morgan fingerprint density at radius 2 is 0.600 bits per heavy atom. The molecule has 0 radical (unpaired) electrons. The van der Waals surface area contributed by atoms with Crippen LogP contribution in [0.4, 0.5) is 0 Å². The summed E-state index contributed by atoms with van der Waals surface area (Å²) in [5.41, 5.74) is 0. The normalized spacial score (nSPS) is 14.0. The molecule has 0 aliphatic rings. The molecule has 0 heterocycles. The second kappa shape index (κ2) is 69.2. The lowest BCUT2D eigenvalue weighted by Crippen LogP contribution is -2.37. The number of nitrogens with zero attached hydrogens (tertiary/aromatic N) is 1. The lowest BCUT2D eigenvalue weighted by molar-refractivity contribution is -0.870. The number of hydrogen-bond acceptors (Lipinski definition) is 7. The van der Waals surface area contributed by atoms with E-state index in [1.807, 2.05) is 21.1 Å². The zero-order valence-corrected chi connectivity index (χ0v) is 59.5. The Bertz CT molecular complexity index is 2030. The van der Waals surface area contributed by atoms with Gasteiger partial charge in [0, 0.05) is 12.8 Å². The van der Waals surface area contributed by atoms with Gasteiger partial charge in [-0.1, -0.05) is 314 Å². The molecule has 0 rings (SSSR count). The standard InChI is InChI=1S/C80H136NO8P/c1-6-8-10-12-14-16-18-20-22-24-26-28-30-32-34-36-38-40-42-44-46-48-50-52-54-56-58-60-62-64-66-68-70-72-79(82)86-76-78(77-88-90(84,85)87-75-74-81(3,4)5)89-80(83)73-71-69-67-65-63-61-59-57-55-53-51-49-47-45-43-41-39-37-35-33-31-29-27-25-23-21-19-17-15-13-11-9-7-2/h8-11,14-17,20-23,26-29,33,35,39,41,45,47,51,53,78H,6-7,12-13,18-19,24-25,30-32,34,36-38,40,42-44,46,48-50,52,54-77H2,1-5H3/p+1/b10-8-,11-9-,16-14-,17-15-,22-20-,23-21-,28-26-,29-27-,35-33-,41-39-,47-45-,53-51-. The van der Waals surface area contributed by atoms with E-state index in [0.717, 1.165) is 122 Å². The van der Waals surface area contributed by atoms with Gasteiger partial charge in [-0.05, 0) is 116 Å². The fraction of sp³-hybridized carbons (Fsp3) is 0.675. The van der Waals surface area contributed by atoms with E-state index in [2.05, 4.69) is 160 Å². The summed E-state index contributed by atoms with van der Waals surface area (Å²) in [6.07, 6.45) is 102. The Balaban J connectivity index is 4.07. The van der Waals surface area contributed by atoms with Crippen LogP contribution in [0.2, 0.25) is 0 Å². The van der Waals surface area contributed by atoms with Crippen molar-refractivity contribution in [1.29, 1.82) is 0 Å². The fourth-order valence-electron chi connectivity index (χ4n) is 9.85. The molecule has 0 aliphatic heterocycles. The number of esters is 2. The van der Waals surface area contributed by atoms with E-state index in [9.17, 15) is 19.0 Å². The smallest absolute Gasteiger partial charge is 0.462 e. The van der Waals surface area contributed by atoms with E-state index in [1.165, 1.54) is 141 Å². The Hall–Kier alpha value is -4.11. The third-order valence-electron chi connectivity index (χ3n) is 15.4. The minimum Gasteiger partial charge on any atom is -0.462 e. The van der Waals surface area contributed by atoms with E-state index in [0.29, 0.717) is 17.4 Å². The molecule has 0 saturated heterocycles. The molecule has 1 N–H and O–H groups in total. The van der Waals surface area contributed by atoms with E-state index in [4.69, 9.17) is 18.5 Å². The lowest BCUT2D eigenvalue weighted by atomic mass is 10.0. The van der Waals surface area contributed by atoms with Crippen molar-refractivity contribution in [3.63, 3.8) is 0 Å². The Morgan fingerprint density at radius 1 is 0.344 bits per heavy atom. The van der Waals surface area contributed by atoms with Crippen molar-refractivity contribution in [1.82, 2.24) is 0 Å². The van der Waals surface area contributed by atoms with Gasteiger partial charge in [0.1, 0.15) is 19.8 Å². The van der Waals surface area contributed by atoms with Gasteiger partial charge in [-0.2, -0.15) is 0 Å². The Morgan fingerprint density at radius 3 is 0.889 bits per heavy atom. The summed E-state index contributed by atoms with van der Waals surface area (Å²) in [6.45, 7) is 4.21. The maximum absolute atomic E-state index is 12.9.